The van der Waals surface area contributed by atoms with Crippen molar-refractivity contribution in [2.75, 3.05) is 0 Å². The standard InChI is InChI=1S/C14H21F/c1-6-11-7-12(9(2)3)8-13(15)14(11)10(4)5/h7-10H,6H2,1-5H3. The normalized spacial score (nSPS) is 11.5. The number of hydrogen-bond donors (Lipinski definition) is 0. The van der Waals surface area contributed by atoms with Crippen LogP contribution in [0.25, 0.3) is 0 Å². The van der Waals surface area contributed by atoms with E-state index in [1.165, 1.54) is 0 Å². The Morgan fingerprint density at radius 1 is 1.07 bits per heavy atom. The molecule has 0 radical (unpaired) electrons. The van der Waals surface area contributed by atoms with Crippen LogP contribution in [0.2, 0.25) is 0 Å². The van der Waals surface area contributed by atoms with Crippen LogP contribution in [0.1, 0.15) is 63.1 Å². The molecule has 0 aliphatic rings. The second-order valence-electron chi connectivity index (χ2n) is 4.74. The van der Waals surface area contributed by atoms with E-state index in [0.717, 1.165) is 23.1 Å². The van der Waals surface area contributed by atoms with Crippen LogP contribution in [-0.2, 0) is 6.42 Å². The molecule has 1 aromatic rings. The van der Waals surface area contributed by atoms with Crippen LogP contribution in [0.5, 0.6) is 0 Å². The molecule has 1 rings (SSSR count). The fourth-order valence-electron chi connectivity index (χ4n) is 1.97. The molecule has 0 saturated carbocycles. The van der Waals surface area contributed by atoms with Gasteiger partial charge in [0, 0.05) is 0 Å². The summed E-state index contributed by atoms with van der Waals surface area (Å²) in [4.78, 5) is 0. The highest BCUT2D eigenvalue weighted by atomic mass is 19.1. The molecule has 0 fully saturated rings. The van der Waals surface area contributed by atoms with E-state index in [1.54, 1.807) is 6.07 Å². The Bertz CT molecular complexity index is 337. The molecule has 15 heavy (non-hydrogen) atoms. The third-order valence-corrected chi connectivity index (χ3v) is 2.86. The number of halogens is 1. The van der Waals surface area contributed by atoms with Gasteiger partial charge in [-0.15, -0.1) is 0 Å². The summed E-state index contributed by atoms with van der Waals surface area (Å²) in [6.07, 6.45) is 0.908. The van der Waals surface area contributed by atoms with Crippen molar-refractivity contribution in [1.82, 2.24) is 0 Å². The molecule has 0 bridgehead atoms. The summed E-state index contributed by atoms with van der Waals surface area (Å²) in [5.74, 6) is 0.625. The van der Waals surface area contributed by atoms with E-state index in [1.807, 2.05) is 13.8 Å². The molecule has 0 aliphatic heterocycles. The molecule has 0 saturated heterocycles. The number of rotatable bonds is 3. The maximum Gasteiger partial charge on any atom is 0.127 e. The summed E-state index contributed by atoms with van der Waals surface area (Å²) in [5, 5.41) is 0. The lowest BCUT2D eigenvalue weighted by Crippen LogP contribution is -2.02. The molecule has 0 nitrogen and oxygen atoms in total. The first-order valence-electron chi connectivity index (χ1n) is 5.79. The Morgan fingerprint density at radius 2 is 1.67 bits per heavy atom. The maximum absolute atomic E-state index is 13.9. The van der Waals surface area contributed by atoms with Crippen LogP contribution < -0.4 is 0 Å². The Morgan fingerprint density at radius 3 is 2.07 bits per heavy atom. The minimum absolute atomic E-state index is 0.0342. The highest BCUT2D eigenvalue weighted by Crippen LogP contribution is 2.27. The van der Waals surface area contributed by atoms with Gasteiger partial charge in [-0.2, -0.15) is 0 Å². The summed E-state index contributed by atoms with van der Waals surface area (Å²) in [5.41, 5.74) is 3.16. The lowest BCUT2D eigenvalue weighted by atomic mass is 9.90. The first-order valence-corrected chi connectivity index (χ1v) is 5.79. The van der Waals surface area contributed by atoms with Crippen molar-refractivity contribution >= 4 is 0 Å². The number of aryl methyl sites for hydroxylation is 1. The molecule has 0 heterocycles. The minimum atomic E-state index is -0.0342. The molecule has 0 unspecified atom stereocenters. The van der Waals surface area contributed by atoms with Crippen LogP contribution >= 0.6 is 0 Å². The number of benzene rings is 1. The third-order valence-electron chi connectivity index (χ3n) is 2.86. The molecule has 0 spiro atoms. The highest BCUT2D eigenvalue weighted by molar-refractivity contribution is 5.36. The van der Waals surface area contributed by atoms with E-state index < -0.39 is 0 Å². The first kappa shape index (κ1) is 12.2. The predicted molar refractivity (Wildman–Crippen MR) is 64.0 cm³/mol. The third kappa shape index (κ3) is 2.58. The summed E-state index contributed by atoms with van der Waals surface area (Å²) in [7, 11) is 0. The van der Waals surface area contributed by atoms with Crippen molar-refractivity contribution in [1.29, 1.82) is 0 Å². The zero-order valence-corrected chi connectivity index (χ0v) is 10.4. The van der Waals surface area contributed by atoms with Crippen molar-refractivity contribution < 1.29 is 4.39 Å². The minimum Gasteiger partial charge on any atom is -0.207 e. The Labute approximate surface area is 92.5 Å². The molecular weight excluding hydrogens is 187 g/mol. The van der Waals surface area contributed by atoms with Crippen molar-refractivity contribution in [2.24, 2.45) is 0 Å². The summed E-state index contributed by atoms with van der Waals surface area (Å²) in [6.45, 7) is 10.4. The quantitative estimate of drug-likeness (QED) is 0.679. The zero-order chi connectivity index (χ0) is 11.6. The highest BCUT2D eigenvalue weighted by Gasteiger charge is 2.14. The predicted octanol–water partition coefficient (Wildman–Crippen LogP) is 4.63. The van der Waals surface area contributed by atoms with Gasteiger partial charge in [0.1, 0.15) is 5.82 Å². The monoisotopic (exact) mass is 208 g/mol. The summed E-state index contributed by atoms with van der Waals surface area (Å²) in [6, 6.07) is 3.85. The average molecular weight is 208 g/mol. The average Bonchev–Trinajstić information content (AvgIpc) is 2.15. The maximum atomic E-state index is 13.9. The van der Waals surface area contributed by atoms with Gasteiger partial charge >= 0.3 is 0 Å². The Hall–Kier alpha value is -0.850. The van der Waals surface area contributed by atoms with E-state index in [0.29, 0.717) is 5.92 Å². The van der Waals surface area contributed by atoms with Gasteiger partial charge in [-0.3, -0.25) is 0 Å². The molecule has 84 valence electrons. The lowest BCUT2D eigenvalue weighted by molar-refractivity contribution is 0.589. The smallest absolute Gasteiger partial charge is 0.127 e. The fourth-order valence-corrected chi connectivity index (χ4v) is 1.97. The van der Waals surface area contributed by atoms with Gasteiger partial charge in [-0.25, -0.2) is 4.39 Å². The molecule has 0 atom stereocenters. The van der Waals surface area contributed by atoms with E-state index in [2.05, 4.69) is 26.8 Å². The van der Waals surface area contributed by atoms with Gasteiger partial charge in [0.15, 0.2) is 0 Å². The molecule has 0 N–H and O–H groups in total. The van der Waals surface area contributed by atoms with Gasteiger partial charge < -0.3 is 0 Å². The second-order valence-corrected chi connectivity index (χ2v) is 4.74. The molecule has 1 heteroatoms. The Kier molecular flexibility index (Phi) is 3.90. The molecule has 0 amide bonds. The van der Waals surface area contributed by atoms with Crippen molar-refractivity contribution in [2.45, 2.75) is 52.9 Å². The molecule has 1 aromatic carbocycles. The molecular formula is C14H21F. The zero-order valence-electron chi connectivity index (χ0n) is 10.4. The van der Waals surface area contributed by atoms with E-state index >= 15 is 0 Å². The van der Waals surface area contributed by atoms with Crippen LogP contribution in [-0.4, -0.2) is 0 Å². The van der Waals surface area contributed by atoms with Crippen LogP contribution in [0.15, 0.2) is 12.1 Å². The molecule has 0 aromatic heterocycles. The van der Waals surface area contributed by atoms with Gasteiger partial charge in [0.05, 0.1) is 0 Å². The van der Waals surface area contributed by atoms with Crippen molar-refractivity contribution in [3.05, 3.63) is 34.6 Å². The van der Waals surface area contributed by atoms with Crippen LogP contribution in [0, 0.1) is 5.82 Å². The first-order chi connectivity index (χ1) is 6.97. The van der Waals surface area contributed by atoms with Crippen molar-refractivity contribution in [3.63, 3.8) is 0 Å². The van der Waals surface area contributed by atoms with Crippen molar-refractivity contribution in [3.8, 4) is 0 Å². The van der Waals surface area contributed by atoms with E-state index in [-0.39, 0.29) is 11.7 Å². The van der Waals surface area contributed by atoms with E-state index in [9.17, 15) is 4.39 Å². The van der Waals surface area contributed by atoms with Crippen LogP contribution in [0.4, 0.5) is 4.39 Å². The van der Waals surface area contributed by atoms with Gasteiger partial charge in [-0.05, 0) is 41.0 Å². The van der Waals surface area contributed by atoms with Gasteiger partial charge in [-0.1, -0.05) is 40.7 Å². The summed E-state index contributed by atoms with van der Waals surface area (Å²) >= 11 is 0. The summed E-state index contributed by atoms with van der Waals surface area (Å²) < 4.78 is 13.9. The fraction of sp³-hybridized carbons (Fsp3) is 0.571. The van der Waals surface area contributed by atoms with Gasteiger partial charge in [0.25, 0.3) is 0 Å². The van der Waals surface area contributed by atoms with Gasteiger partial charge in [0.2, 0.25) is 0 Å². The topological polar surface area (TPSA) is 0 Å². The SMILES string of the molecule is CCc1cc(C(C)C)cc(F)c1C(C)C. The van der Waals surface area contributed by atoms with E-state index in [4.69, 9.17) is 0 Å². The lowest BCUT2D eigenvalue weighted by Gasteiger charge is -2.16. The second kappa shape index (κ2) is 4.78. The number of hydrogen-bond acceptors (Lipinski definition) is 0. The molecule has 0 aliphatic carbocycles. The van der Waals surface area contributed by atoms with Crippen LogP contribution in [0.3, 0.4) is 0 Å². The Balaban J connectivity index is 3.31. The largest absolute Gasteiger partial charge is 0.207 e.